The van der Waals surface area contributed by atoms with E-state index in [1.165, 1.54) is 22.3 Å². The SMILES string of the molecule is CCc1nc(N)ccc1-c1ccc(C)c(C)c1. The lowest BCUT2D eigenvalue weighted by atomic mass is 9.98. The average molecular weight is 226 g/mol. The van der Waals surface area contributed by atoms with Crippen LogP contribution in [0.3, 0.4) is 0 Å². The Morgan fingerprint density at radius 3 is 2.47 bits per heavy atom. The molecule has 0 fully saturated rings. The highest BCUT2D eigenvalue weighted by Crippen LogP contribution is 2.25. The molecule has 1 aromatic heterocycles. The molecule has 0 spiro atoms. The van der Waals surface area contributed by atoms with E-state index in [0.29, 0.717) is 5.82 Å². The van der Waals surface area contributed by atoms with E-state index in [4.69, 9.17) is 5.73 Å². The summed E-state index contributed by atoms with van der Waals surface area (Å²) in [6, 6.07) is 10.4. The fourth-order valence-electron chi connectivity index (χ4n) is 1.96. The van der Waals surface area contributed by atoms with Gasteiger partial charge < -0.3 is 5.73 Å². The predicted octanol–water partition coefficient (Wildman–Crippen LogP) is 3.51. The molecular formula is C15H18N2. The van der Waals surface area contributed by atoms with Gasteiger partial charge in [-0.25, -0.2) is 4.98 Å². The van der Waals surface area contributed by atoms with E-state index in [-0.39, 0.29) is 0 Å². The zero-order valence-electron chi connectivity index (χ0n) is 10.6. The summed E-state index contributed by atoms with van der Waals surface area (Å²) in [7, 11) is 0. The maximum Gasteiger partial charge on any atom is 0.123 e. The Morgan fingerprint density at radius 2 is 1.82 bits per heavy atom. The molecule has 2 rings (SSSR count). The van der Waals surface area contributed by atoms with Crippen LogP contribution in [0.25, 0.3) is 11.1 Å². The number of hydrogen-bond donors (Lipinski definition) is 1. The van der Waals surface area contributed by atoms with E-state index in [9.17, 15) is 0 Å². The molecule has 2 N–H and O–H groups in total. The third kappa shape index (κ3) is 2.31. The lowest BCUT2D eigenvalue weighted by Crippen LogP contribution is -1.97. The minimum Gasteiger partial charge on any atom is -0.384 e. The molecule has 0 aliphatic rings. The van der Waals surface area contributed by atoms with Crippen molar-refractivity contribution in [2.75, 3.05) is 5.73 Å². The second-order valence-corrected chi connectivity index (χ2v) is 4.38. The van der Waals surface area contributed by atoms with E-state index in [2.05, 4.69) is 50.0 Å². The van der Waals surface area contributed by atoms with Gasteiger partial charge in [0.05, 0.1) is 5.69 Å². The minimum atomic E-state index is 0.592. The third-order valence-corrected chi connectivity index (χ3v) is 3.15. The quantitative estimate of drug-likeness (QED) is 0.851. The van der Waals surface area contributed by atoms with Gasteiger partial charge in [0, 0.05) is 5.56 Å². The van der Waals surface area contributed by atoms with E-state index in [1.54, 1.807) is 0 Å². The fraction of sp³-hybridized carbons (Fsp3) is 0.267. The highest BCUT2D eigenvalue weighted by Gasteiger charge is 2.06. The molecule has 17 heavy (non-hydrogen) atoms. The van der Waals surface area contributed by atoms with Crippen molar-refractivity contribution in [2.24, 2.45) is 0 Å². The number of aromatic nitrogens is 1. The van der Waals surface area contributed by atoms with E-state index >= 15 is 0 Å². The van der Waals surface area contributed by atoms with Crippen molar-refractivity contribution < 1.29 is 0 Å². The zero-order valence-corrected chi connectivity index (χ0v) is 10.6. The van der Waals surface area contributed by atoms with E-state index in [1.807, 2.05) is 6.07 Å². The topological polar surface area (TPSA) is 38.9 Å². The summed E-state index contributed by atoms with van der Waals surface area (Å²) >= 11 is 0. The van der Waals surface area contributed by atoms with Crippen molar-refractivity contribution in [3.63, 3.8) is 0 Å². The van der Waals surface area contributed by atoms with Crippen molar-refractivity contribution in [3.05, 3.63) is 47.2 Å². The van der Waals surface area contributed by atoms with Gasteiger partial charge in [0.25, 0.3) is 0 Å². The Bertz CT molecular complexity index is 545. The normalized spacial score (nSPS) is 10.5. The molecule has 0 saturated carbocycles. The van der Waals surface area contributed by atoms with Crippen LogP contribution in [0, 0.1) is 13.8 Å². The van der Waals surface area contributed by atoms with E-state index in [0.717, 1.165) is 12.1 Å². The largest absolute Gasteiger partial charge is 0.384 e. The molecule has 0 unspecified atom stereocenters. The number of nitrogen functional groups attached to an aromatic ring is 1. The lowest BCUT2D eigenvalue weighted by molar-refractivity contribution is 1.04. The molecule has 1 aromatic carbocycles. The van der Waals surface area contributed by atoms with Crippen LogP contribution >= 0.6 is 0 Å². The molecule has 0 aliphatic carbocycles. The molecule has 0 radical (unpaired) electrons. The van der Waals surface area contributed by atoms with Crippen LogP contribution in [0.5, 0.6) is 0 Å². The number of hydrogen-bond acceptors (Lipinski definition) is 2. The number of nitrogens with zero attached hydrogens (tertiary/aromatic N) is 1. The van der Waals surface area contributed by atoms with Crippen LogP contribution in [0.15, 0.2) is 30.3 Å². The Morgan fingerprint density at radius 1 is 1.06 bits per heavy atom. The number of benzene rings is 1. The first-order valence-electron chi connectivity index (χ1n) is 5.95. The molecule has 0 saturated heterocycles. The summed E-state index contributed by atoms with van der Waals surface area (Å²) in [5.74, 6) is 0.592. The molecule has 1 heterocycles. The van der Waals surface area contributed by atoms with Gasteiger partial charge in [-0.15, -0.1) is 0 Å². The highest BCUT2D eigenvalue weighted by atomic mass is 14.8. The molecule has 88 valence electrons. The predicted molar refractivity (Wildman–Crippen MR) is 72.9 cm³/mol. The van der Waals surface area contributed by atoms with Crippen molar-refractivity contribution in [1.82, 2.24) is 4.98 Å². The zero-order chi connectivity index (χ0) is 12.4. The van der Waals surface area contributed by atoms with Gasteiger partial charge in [0.1, 0.15) is 5.82 Å². The Labute approximate surface area is 103 Å². The summed E-state index contributed by atoms with van der Waals surface area (Å²) in [6.45, 7) is 6.36. The average Bonchev–Trinajstić information content (AvgIpc) is 2.32. The van der Waals surface area contributed by atoms with Gasteiger partial charge in [-0.1, -0.05) is 25.1 Å². The Hall–Kier alpha value is -1.83. The maximum absolute atomic E-state index is 5.72. The van der Waals surface area contributed by atoms with Crippen molar-refractivity contribution in [2.45, 2.75) is 27.2 Å². The Kier molecular flexibility index (Phi) is 3.14. The van der Waals surface area contributed by atoms with Crippen LogP contribution in [-0.2, 0) is 6.42 Å². The molecule has 0 aliphatic heterocycles. The summed E-state index contributed by atoms with van der Waals surface area (Å²) in [4.78, 5) is 4.40. The van der Waals surface area contributed by atoms with Crippen LogP contribution in [0.4, 0.5) is 5.82 Å². The van der Waals surface area contributed by atoms with Gasteiger partial charge in [-0.2, -0.15) is 0 Å². The number of aryl methyl sites for hydroxylation is 3. The second-order valence-electron chi connectivity index (χ2n) is 4.38. The molecule has 0 amide bonds. The van der Waals surface area contributed by atoms with Gasteiger partial charge in [-0.3, -0.25) is 0 Å². The summed E-state index contributed by atoms with van der Waals surface area (Å²) in [5.41, 5.74) is 11.8. The highest BCUT2D eigenvalue weighted by molar-refractivity contribution is 5.68. The summed E-state index contributed by atoms with van der Waals surface area (Å²) < 4.78 is 0. The van der Waals surface area contributed by atoms with Crippen molar-refractivity contribution >= 4 is 5.82 Å². The van der Waals surface area contributed by atoms with Gasteiger partial charge in [-0.05, 0) is 49.1 Å². The first-order chi connectivity index (χ1) is 8.11. The molecule has 0 atom stereocenters. The smallest absolute Gasteiger partial charge is 0.123 e. The first-order valence-corrected chi connectivity index (χ1v) is 5.95. The summed E-state index contributed by atoms with van der Waals surface area (Å²) in [6.07, 6.45) is 0.896. The fourth-order valence-corrected chi connectivity index (χ4v) is 1.96. The van der Waals surface area contributed by atoms with Crippen molar-refractivity contribution in [1.29, 1.82) is 0 Å². The van der Waals surface area contributed by atoms with Crippen LogP contribution in [-0.4, -0.2) is 4.98 Å². The first kappa shape index (κ1) is 11.6. The van der Waals surface area contributed by atoms with Gasteiger partial charge >= 0.3 is 0 Å². The molecular weight excluding hydrogens is 208 g/mol. The molecule has 2 nitrogen and oxygen atoms in total. The molecule has 0 bridgehead atoms. The van der Waals surface area contributed by atoms with Gasteiger partial charge in [0.2, 0.25) is 0 Å². The van der Waals surface area contributed by atoms with Crippen LogP contribution in [0.1, 0.15) is 23.7 Å². The van der Waals surface area contributed by atoms with Gasteiger partial charge in [0.15, 0.2) is 0 Å². The number of rotatable bonds is 2. The third-order valence-electron chi connectivity index (χ3n) is 3.15. The monoisotopic (exact) mass is 226 g/mol. The number of pyridine rings is 1. The lowest BCUT2D eigenvalue weighted by Gasteiger charge is -2.10. The standard InChI is InChI=1S/C15H18N2/c1-4-14-13(7-8-15(16)17-14)12-6-5-10(2)11(3)9-12/h5-9H,4H2,1-3H3,(H2,16,17). The summed E-state index contributed by atoms with van der Waals surface area (Å²) in [5, 5.41) is 0. The van der Waals surface area contributed by atoms with Crippen LogP contribution < -0.4 is 5.73 Å². The number of anilines is 1. The van der Waals surface area contributed by atoms with Crippen LogP contribution in [0.2, 0.25) is 0 Å². The second kappa shape index (κ2) is 4.58. The number of nitrogens with two attached hydrogens (primary N) is 1. The molecule has 2 heteroatoms. The molecule has 2 aromatic rings. The maximum atomic E-state index is 5.72. The van der Waals surface area contributed by atoms with E-state index < -0.39 is 0 Å². The van der Waals surface area contributed by atoms with Crippen molar-refractivity contribution in [3.8, 4) is 11.1 Å². The minimum absolute atomic E-state index is 0.592. The Balaban J connectivity index is 2.55.